The van der Waals surface area contributed by atoms with E-state index in [-0.39, 0.29) is 5.41 Å². The molecule has 0 bridgehead atoms. The second-order valence-electron chi connectivity index (χ2n) is 11.1. The van der Waals surface area contributed by atoms with Gasteiger partial charge in [-0.1, -0.05) is 146 Å². The molecule has 0 nitrogen and oxygen atoms in total. The molecule has 0 aliphatic heterocycles. The highest BCUT2D eigenvalue weighted by Gasteiger charge is 2.35. The molecule has 0 radical (unpaired) electrons. The quantitative estimate of drug-likeness (QED) is 0.218. The van der Waals surface area contributed by atoms with E-state index in [2.05, 4.69) is 62.4 Å². The SMILES string of the molecule is CCCCCCCCCCCCc1ccc(C2(c3ccc(CCCC)cc3)CCCCC2)cc1. The molecule has 1 aliphatic carbocycles. The zero-order valence-electron chi connectivity index (χ0n) is 22.6. The summed E-state index contributed by atoms with van der Waals surface area (Å²) < 4.78 is 0. The fourth-order valence-corrected chi connectivity index (χ4v) is 6.08. The van der Waals surface area contributed by atoms with Gasteiger partial charge in [-0.15, -0.1) is 0 Å². The van der Waals surface area contributed by atoms with E-state index in [1.807, 2.05) is 0 Å². The summed E-state index contributed by atoms with van der Waals surface area (Å²) in [7, 11) is 0. The van der Waals surface area contributed by atoms with Gasteiger partial charge >= 0.3 is 0 Å². The highest BCUT2D eigenvalue weighted by Crippen LogP contribution is 2.45. The van der Waals surface area contributed by atoms with Gasteiger partial charge < -0.3 is 0 Å². The third-order valence-corrected chi connectivity index (χ3v) is 8.36. The molecule has 0 atom stereocenters. The summed E-state index contributed by atoms with van der Waals surface area (Å²) in [6.45, 7) is 4.58. The Kier molecular flexibility index (Phi) is 12.3. The predicted octanol–water partition coefficient (Wildman–Crippen LogP) is 10.7. The van der Waals surface area contributed by atoms with Gasteiger partial charge in [0, 0.05) is 5.41 Å². The van der Waals surface area contributed by atoms with E-state index < -0.39 is 0 Å². The van der Waals surface area contributed by atoms with E-state index in [4.69, 9.17) is 0 Å². The minimum atomic E-state index is 0.233. The van der Waals surface area contributed by atoms with Crippen LogP contribution < -0.4 is 0 Å². The molecule has 0 amide bonds. The van der Waals surface area contributed by atoms with E-state index in [1.165, 1.54) is 133 Å². The van der Waals surface area contributed by atoms with Crippen molar-refractivity contribution in [3.63, 3.8) is 0 Å². The molecular weight excluding hydrogens is 408 g/mol. The van der Waals surface area contributed by atoms with Gasteiger partial charge in [0.2, 0.25) is 0 Å². The fourth-order valence-electron chi connectivity index (χ4n) is 6.08. The van der Waals surface area contributed by atoms with Gasteiger partial charge in [0.1, 0.15) is 0 Å². The highest BCUT2D eigenvalue weighted by molar-refractivity contribution is 5.42. The van der Waals surface area contributed by atoms with Crippen LogP contribution in [0, 0.1) is 0 Å². The molecule has 34 heavy (non-hydrogen) atoms. The first-order chi connectivity index (χ1) is 16.8. The molecule has 1 fully saturated rings. The minimum Gasteiger partial charge on any atom is -0.0654 e. The normalized spacial score (nSPS) is 15.5. The van der Waals surface area contributed by atoms with Crippen LogP contribution in [0.25, 0.3) is 0 Å². The number of hydrogen-bond acceptors (Lipinski definition) is 0. The molecule has 0 heterocycles. The van der Waals surface area contributed by atoms with Crippen molar-refractivity contribution < 1.29 is 0 Å². The monoisotopic (exact) mass is 460 g/mol. The Morgan fingerprint density at radius 2 is 0.882 bits per heavy atom. The van der Waals surface area contributed by atoms with Crippen molar-refractivity contribution in [3.8, 4) is 0 Å². The molecule has 2 aromatic carbocycles. The van der Waals surface area contributed by atoms with Crippen LogP contribution in [0.4, 0.5) is 0 Å². The molecule has 0 spiro atoms. The van der Waals surface area contributed by atoms with Crippen molar-refractivity contribution in [1.29, 1.82) is 0 Å². The van der Waals surface area contributed by atoms with E-state index in [0.29, 0.717) is 0 Å². The molecule has 0 N–H and O–H groups in total. The largest absolute Gasteiger partial charge is 0.0654 e. The number of hydrogen-bond donors (Lipinski definition) is 0. The van der Waals surface area contributed by atoms with Crippen LogP contribution in [0.5, 0.6) is 0 Å². The lowest BCUT2D eigenvalue weighted by molar-refractivity contribution is 0.346. The average Bonchev–Trinajstić information content (AvgIpc) is 2.89. The van der Waals surface area contributed by atoms with Crippen LogP contribution in [0.1, 0.15) is 145 Å². The van der Waals surface area contributed by atoms with Crippen LogP contribution in [0.3, 0.4) is 0 Å². The van der Waals surface area contributed by atoms with Crippen LogP contribution in [0.2, 0.25) is 0 Å². The lowest BCUT2D eigenvalue weighted by Gasteiger charge is -2.39. The second-order valence-corrected chi connectivity index (χ2v) is 11.1. The van der Waals surface area contributed by atoms with Crippen molar-refractivity contribution >= 4 is 0 Å². The van der Waals surface area contributed by atoms with Crippen molar-refractivity contribution in [1.82, 2.24) is 0 Å². The predicted molar refractivity (Wildman–Crippen MR) is 151 cm³/mol. The van der Waals surface area contributed by atoms with Gasteiger partial charge in [-0.05, 0) is 60.8 Å². The van der Waals surface area contributed by atoms with Crippen molar-refractivity contribution in [3.05, 3.63) is 70.8 Å². The first-order valence-corrected chi connectivity index (χ1v) is 15.0. The minimum absolute atomic E-state index is 0.233. The van der Waals surface area contributed by atoms with Gasteiger partial charge in [0.25, 0.3) is 0 Å². The highest BCUT2D eigenvalue weighted by atomic mass is 14.4. The van der Waals surface area contributed by atoms with Gasteiger partial charge in [-0.3, -0.25) is 0 Å². The van der Waals surface area contributed by atoms with Crippen LogP contribution in [-0.2, 0) is 18.3 Å². The third kappa shape index (κ3) is 8.28. The zero-order valence-corrected chi connectivity index (χ0v) is 22.6. The van der Waals surface area contributed by atoms with Crippen molar-refractivity contribution in [2.75, 3.05) is 0 Å². The maximum atomic E-state index is 2.47. The Hall–Kier alpha value is -1.56. The van der Waals surface area contributed by atoms with Crippen LogP contribution in [-0.4, -0.2) is 0 Å². The Bertz CT molecular complexity index is 761. The topological polar surface area (TPSA) is 0 Å². The summed E-state index contributed by atoms with van der Waals surface area (Å²) in [6, 6.07) is 19.5. The Morgan fingerprint density at radius 3 is 1.35 bits per heavy atom. The number of rotatable bonds is 16. The van der Waals surface area contributed by atoms with Gasteiger partial charge in [0.15, 0.2) is 0 Å². The lowest BCUT2D eigenvalue weighted by Crippen LogP contribution is -2.30. The molecule has 0 unspecified atom stereocenters. The zero-order chi connectivity index (χ0) is 23.9. The van der Waals surface area contributed by atoms with E-state index >= 15 is 0 Å². The Morgan fingerprint density at radius 1 is 0.471 bits per heavy atom. The van der Waals surface area contributed by atoms with Crippen LogP contribution in [0.15, 0.2) is 48.5 Å². The first-order valence-electron chi connectivity index (χ1n) is 15.0. The molecular formula is C34H52. The van der Waals surface area contributed by atoms with E-state index in [1.54, 1.807) is 11.1 Å². The maximum Gasteiger partial charge on any atom is 0.0202 e. The van der Waals surface area contributed by atoms with Crippen molar-refractivity contribution in [2.24, 2.45) is 0 Å². The Balaban J connectivity index is 1.50. The van der Waals surface area contributed by atoms with Gasteiger partial charge in [-0.25, -0.2) is 0 Å². The fraction of sp³-hybridized carbons (Fsp3) is 0.647. The summed E-state index contributed by atoms with van der Waals surface area (Å²) in [5, 5.41) is 0. The van der Waals surface area contributed by atoms with E-state index in [9.17, 15) is 0 Å². The third-order valence-electron chi connectivity index (χ3n) is 8.36. The molecule has 3 rings (SSSR count). The average molecular weight is 461 g/mol. The summed E-state index contributed by atoms with van der Waals surface area (Å²) >= 11 is 0. The van der Waals surface area contributed by atoms with Crippen LogP contribution >= 0.6 is 0 Å². The summed E-state index contributed by atoms with van der Waals surface area (Å²) in [5.41, 5.74) is 6.37. The molecule has 2 aromatic rings. The number of unbranched alkanes of at least 4 members (excludes halogenated alkanes) is 10. The standard InChI is InChI=1S/C34H52/c1-3-5-7-8-9-10-11-12-13-15-19-31-22-26-33(27-23-31)34(28-16-14-17-29-34)32-24-20-30(21-25-32)18-6-4-2/h20-27H,3-19,28-29H2,1-2H3. The molecule has 188 valence electrons. The van der Waals surface area contributed by atoms with Crippen molar-refractivity contribution in [2.45, 2.75) is 141 Å². The molecule has 0 heteroatoms. The van der Waals surface area contributed by atoms with E-state index in [0.717, 1.165) is 0 Å². The van der Waals surface area contributed by atoms with Gasteiger partial charge in [0.05, 0.1) is 0 Å². The molecule has 1 aliphatic rings. The summed E-state index contributed by atoms with van der Waals surface area (Å²) in [5.74, 6) is 0. The Labute approximate surface area is 212 Å². The lowest BCUT2D eigenvalue weighted by atomic mass is 9.65. The summed E-state index contributed by atoms with van der Waals surface area (Å²) in [4.78, 5) is 0. The molecule has 0 saturated heterocycles. The molecule has 1 saturated carbocycles. The number of benzene rings is 2. The number of aryl methyl sites for hydroxylation is 2. The first kappa shape index (κ1) is 27.0. The smallest absolute Gasteiger partial charge is 0.0202 e. The van der Waals surface area contributed by atoms with Gasteiger partial charge in [-0.2, -0.15) is 0 Å². The summed E-state index contributed by atoms with van der Waals surface area (Å²) in [6.07, 6.45) is 25.9. The maximum absolute atomic E-state index is 2.47. The second kappa shape index (κ2) is 15.4. The molecule has 0 aromatic heterocycles.